The predicted molar refractivity (Wildman–Crippen MR) is 75.3 cm³/mol. The first-order valence-electron chi connectivity index (χ1n) is 5.17. The molecular formula is C12H10BrN3S. The molecule has 5 heteroatoms. The van der Waals surface area contributed by atoms with E-state index in [1.54, 1.807) is 11.3 Å². The minimum absolute atomic E-state index is 0.768. The summed E-state index contributed by atoms with van der Waals surface area (Å²) in [5, 5.41) is 7.59. The summed E-state index contributed by atoms with van der Waals surface area (Å²) in [5.41, 5.74) is 7.65. The van der Waals surface area contributed by atoms with Crippen LogP contribution < -0.4 is 5.73 Å². The molecule has 0 atom stereocenters. The lowest BCUT2D eigenvalue weighted by molar-refractivity contribution is 0.719. The van der Waals surface area contributed by atoms with Crippen LogP contribution in [0.15, 0.2) is 40.3 Å². The number of nitrogens with two attached hydrogens (primary N) is 1. The first kappa shape index (κ1) is 10.8. The van der Waals surface area contributed by atoms with E-state index in [1.165, 1.54) is 4.88 Å². The van der Waals surface area contributed by atoms with Gasteiger partial charge >= 0.3 is 0 Å². The maximum absolute atomic E-state index is 5.81. The molecular weight excluding hydrogens is 298 g/mol. The molecule has 2 heterocycles. The maximum Gasteiger partial charge on any atom is 0.0770 e. The largest absolute Gasteiger partial charge is 0.399 e. The van der Waals surface area contributed by atoms with Crippen LogP contribution >= 0.6 is 27.3 Å². The summed E-state index contributed by atoms with van der Waals surface area (Å²) in [6.07, 6.45) is 1.87. The molecule has 86 valence electrons. The normalized spacial score (nSPS) is 11.1. The molecule has 0 saturated carbocycles. The van der Waals surface area contributed by atoms with E-state index in [9.17, 15) is 0 Å². The van der Waals surface area contributed by atoms with Crippen LogP contribution in [0, 0.1) is 0 Å². The molecule has 0 saturated heterocycles. The monoisotopic (exact) mass is 307 g/mol. The van der Waals surface area contributed by atoms with Crippen molar-refractivity contribution in [2.45, 2.75) is 6.54 Å². The molecule has 0 aliphatic heterocycles. The quantitative estimate of drug-likeness (QED) is 0.737. The number of thiophene rings is 1. The highest BCUT2D eigenvalue weighted by molar-refractivity contribution is 9.10. The van der Waals surface area contributed by atoms with Gasteiger partial charge in [0.15, 0.2) is 0 Å². The zero-order chi connectivity index (χ0) is 11.8. The van der Waals surface area contributed by atoms with Crippen LogP contribution in [-0.2, 0) is 6.54 Å². The predicted octanol–water partition coefficient (Wildman–Crippen LogP) is 3.49. The third kappa shape index (κ3) is 1.96. The number of anilines is 1. The van der Waals surface area contributed by atoms with Gasteiger partial charge in [-0.25, -0.2) is 0 Å². The molecule has 2 aromatic heterocycles. The van der Waals surface area contributed by atoms with Crippen molar-refractivity contribution in [3.8, 4) is 0 Å². The van der Waals surface area contributed by atoms with E-state index >= 15 is 0 Å². The van der Waals surface area contributed by atoms with Crippen LogP contribution in [0.5, 0.6) is 0 Å². The van der Waals surface area contributed by atoms with Crippen molar-refractivity contribution in [1.82, 2.24) is 9.78 Å². The Labute approximate surface area is 111 Å². The second-order valence-corrected chi connectivity index (χ2v) is 5.67. The van der Waals surface area contributed by atoms with E-state index < -0.39 is 0 Å². The van der Waals surface area contributed by atoms with Crippen LogP contribution in [0.25, 0.3) is 10.9 Å². The summed E-state index contributed by atoms with van der Waals surface area (Å²) in [5.74, 6) is 0. The van der Waals surface area contributed by atoms with E-state index in [0.29, 0.717) is 0 Å². The molecule has 3 rings (SSSR count). The van der Waals surface area contributed by atoms with Gasteiger partial charge in [0.2, 0.25) is 0 Å². The van der Waals surface area contributed by atoms with Gasteiger partial charge in [-0.1, -0.05) is 0 Å². The number of aromatic nitrogens is 2. The lowest BCUT2D eigenvalue weighted by atomic mass is 10.2. The number of fused-ring (bicyclic) bond motifs is 1. The SMILES string of the molecule is Nc1ccc2cnn(Cc3sccc3Br)c2c1. The third-order valence-electron chi connectivity index (χ3n) is 2.65. The van der Waals surface area contributed by atoms with Crippen molar-refractivity contribution < 1.29 is 0 Å². The highest BCUT2D eigenvalue weighted by Gasteiger charge is 2.07. The molecule has 0 radical (unpaired) electrons. The van der Waals surface area contributed by atoms with Crippen LogP contribution in [0.4, 0.5) is 5.69 Å². The summed E-state index contributed by atoms with van der Waals surface area (Å²) in [4.78, 5) is 1.26. The second kappa shape index (κ2) is 4.16. The smallest absolute Gasteiger partial charge is 0.0770 e. The molecule has 3 aromatic rings. The van der Waals surface area contributed by atoms with Crippen LogP contribution in [-0.4, -0.2) is 9.78 Å². The number of rotatable bonds is 2. The van der Waals surface area contributed by atoms with E-state index in [1.807, 2.05) is 29.1 Å². The standard InChI is InChI=1S/C12H10BrN3S/c13-10-3-4-17-12(10)7-16-11-5-9(14)2-1-8(11)6-15-16/h1-6H,7,14H2. The molecule has 0 amide bonds. The zero-order valence-electron chi connectivity index (χ0n) is 8.93. The van der Waals surface area contributed by atoms with Crippen molar-refractivity contribution >= 4 is 43.9 Å². The first-order valence-corrected chi connectivity index (χ1v) is 6.84. The molecule has 2 N–H and O–H groups in total. The van der Waals surface area contributed by atoms with Gasteiger partial charge in [0, 0.05) is 20.4 Å². The van der Waals surface area contributed by atoms with E-state index in [4.69, 9.17) is 5.73 Å². The maximum atomic E-state index is 5.81. The van der Waals surface area contributed by atoms with Crippen molar-refractivity contribution in [3.63, 3.8) is 0 Å². The van der Waals surface area contributed by atoms with Crippen molar-refractivity contribution in [2.24, 2.45) is 0 Å². The third-order valence-corrected chi connectivity index (χ3v) is 4.56. The highest BCUT2D eigenvalue weighted by Crippen LogP contribution is 2.25. The average Bonchev–Trinajstić information content (AvgIpc) is 2.88. The van der Waals surface area contributed by atoms with Crippen LogP contribution in [0.1, 0.15) is 4.88 Å². The van der Waals surface area contributed by atoms with Gasteiger partial charge in [-0.15, -0.1) is 11.3 Å². The fourth-order valence-corrected chi connectivity index (χ4v) is 3.25. The summed E-state index contributed by atoms with van der Waals surface area (Å²) in [6.45, 7) is 0.769. The number of nitrogens with zero attached hydrogens (tertiary/aromatic N) is 2. The van der Waals surface area contributed by atoms with Crippen molar-refractivity contribution in [2.75, 3.05) is 5.73 Å². The Morgan fingerprint density at radius 1 is 1.35 bits per heavy atom. The van der Waals surface area contributed by atoms with Gasteiger partial charge in [0.05, 0.1) is 18.3 Å². The van der Waals surface area contributed by atoms with Crippen LogP contribution in [0.2, 0.25) is 0 Å². The van der Waals surface area contributed by atoms with E-state index in [0.717, 1.165) is 27.6 Å². The molecule has 0 aliphatic rings. The lowest BCUT2D eigenvalue weighted by Gasteiger charge is -2.03. The topological polar surface area (TPSA) is 43.8 Å². The van der Waals surface area contributed by atoms with Crippen molar-refractivity contribution in [1.29, 1.82) is 0 Å². The Morgan fingerprint density at radius 3 is 3.00 bits per heavy atom. The first-order chi connectivity index (χ1) is 8.24. The summed E-state index contributed by atoms with van der Waals surface area (Å²) in [6, 6.07) is 7.91. The van der Waals surface area contributed by atoms with Crippen molar-refractivity contribution in [3.05, 3.63) is 45.2 Å². The molecule has 17 heavy (non-hydrogen) atoms. The fourth-order valence-electron chi connectivity index (χ4n) is 1.79. The van der Waals surface area contributed by atoms with E-state index in [-0.39, 0.29) is 0 Å². The second-order valence-electron chi connectivity index (χ2n) is 3.81. The zero-order valence-corrected chi connectivity index (χ0v) is 11.3. The number of nitrogen functional groups attached to an aromatic ring is 1. The Bertz CT molecular complexity index is 671. The Balaban J connectivity index is 2.06. The lowest BCUT2D eigenvalue weighted by Crippen LogP contribution is -2.00. The minimum Gasteiger partial charge on any atom is -0.399 e. The molecule has 0 bridgehead atoms. The summed E-state index contributed by atoms with van der Waals surface area (Å²) < 4.78 is 3.11. The summed E-state index contributed by atoms with van der Waals surface area (Å²) >= 11 is 5.26. The molecule has 0 spiro atoms. The Morgan fingerprint density at radius 2 is 2.24 bits per heavy atom. The van der Waals surface area contributed by atoms with Gasteiger partial charge in [-0.05, 0) is 45.6 Å². The average molecular weight is 308 g/mol. The fraction of sp³-hybridized carbons (Fsp3) is 0.0833. The molecule has 0 unspecified atom stereocenters. The van der Waals surface area contributed by atoms with Gasteiger partial charge in [0.25, 0.3) is 0 Å². The molecule has 1 aromatic carbocycles. The minimum atomic E-state index is 0.768. The number of hydrogen-bond acceptors (Lipinski definition) is 3. The van der Waals surface area contributed by atoms with Crippen LogP contribution in [0.3, 0.4) is 0 Å². The molecule has 0 fully saturated rings. The van der Waals surface area contributed by atoms with E-state index in [2.05, 4.69) is 32.5 Å². The van der Waals surface area contributed by atoms with Gasteiger partial charge in [-0.2, -0.15) is 5.10 Å². The van der Waals surface area contributed by atoms with Gasteiger partial charge in [0.1, 0.15) is 0 Å². The number of hydrogen-bond donors (Lipinski definition) is 1. The number of halogens is 1. The Hall–Kier alpha value is -1.33. The Kier molecular flexibility index (Phi) is 2.64. The molecule has 3 nitrogen and oxygen atoms in total. The van der Waals surface area contributed by atoms with Gasteiger partial charge in [-0.3, -0.25) is 4.68 Å². The molecule has 0 aliphatic carbocycles. The summed E-state index contributed by atoms with van der Waals surface area (Å²) in [7, 11) is 0. The highest BCUT2D eigenvalue weighted by atomic mass is 79.9. The van der Waals surface area contributed by atoms with Gasteiger partial charge < -0.3 is 5.73 Å². The number of benzene rings is 1.